The maximum absolute atomic E-state index is 11.8. The minimum absolute atomic E-state index is 0.0743. The standard InChI is InChI=1S/C11H10BrNO3/c1-15-9-3-6-8(4-10(9)16-2)13-5-7(12)11(6)14/h3-5H,1-2H3,(H,13,14). The van der Waals surface area contributed by atoms with Crippen LogP contribution in [0.4, 0.5) is 0 Å². The van der Waals surface area contributed by atoms with Crippen LogP contribution in [0.25, 0.3) is 10.9 Å². The second-order valence-corrected chi connectivity index (χ2v) is 4.07. The molecule has 0 aliphatic rings. The SMILES string of the molecule is COc1cc2[nH]cc(Br)c(=O)c2cc1OC. The molecule has 0 aliphatic carbocycles. The summed E-state index contributed by atoms with van der Waals surface area (Å²) in [6, 6.07) is 3.40. The summed E-state index contributed by atoms with van der Waals surface area (Å²) in [5.74, 6) is 1.13. The number of aromatic amines is 1. The molecule has 0 saturated heterocycles. The van der Waals surface area contributed by atoms with Gasteiger partial charge in [0.2, 0.25) is 5.43 Å². The average molecular weight is 284 g/mol. The van der Waals surface area contributed by atoms with Gasteiger partial charge in [-0.2, -0.15) is 0 Å². The summed E-state index contributed by atoms with van der Waals surface area (Å²) in [5.41, 5.74) is 0.639. The van der Waals surface area contributed by atoms with Crippen LogP contribution < -0.4 is 14.9 Å². The lowest BCUT2D eigenvalue weighted by Crippen LogP contribution is -2.04. The Balaban J connectivity index is 2.84. The second-order valence-electron chi connectivity index (χ2n) is 3.22. The molecule has 0 spiro atoms. The van der Waals surface area contributed by atoms with Gasteiger partial charge in [0.15, 0.2) is 11.5 Å². The molecule has 4 nitrogen and oxygen atoms in total. The van der Waals surface area contributed by atoms with E-state index >= 15 is 0 Å². The van der Waals surface area contributed by atoms with Crippen molar-refractivity contribution in [2.45, 2.75) is 0 Å². The van der Waals surface area contributed by atoms with Gasteiger partial charge < -0.3 is 14.5 Å². The van der Waals surface area contributed by atoms with E-state index in [-0.39, 0.29) is 5.43 Å². The van der Waals surface area contributed by atoms with Gasteiger partial charge in [-0.1, -0.05) is 0 Å². The van der Waals surface area contributed by atoms with Crippen molar-refractivity contribution in [3.8, 4) is 11.5 Å². The lowest BCUT2D eigenvalue weighted by molar-refractivity contribution is 0.356. The molecule has 1 aromatic carbocycles. The molecular formula is C11H10BrNO3. The predicted octanol–water partition coefficient (Wildman–Crippen LogP) is 2.31. The Hall–Kier alpha value is -1.49. The van der Waals surface area contributed by atoms with Gasteiger partial charge in [-0.3, -0.25) is 4.79 Å². The van der Waals surface area contributed by atoms with Gasteiger partial charge in [-0.25, -0.2) is 0 Å². The van der Waals surface area contributed by atoms with Gasteiger partial charge in [-0.05, 0) is 22.0 Å². The minimum Gasteiger partial charge on any atom is -0.493 e. The number of aromatic nitrogens is 1. The van der Waals surface area contributed by atoms with E-state index in [0.29, 0.717) is 26.9 Å². The fourth-order valence-corrected chi connectivity index (χ4v) is 1.85. The van der Waals surface area contributed by atoms with E-state index < -0.39 is 0 Å². The third kappa shape index (κ3) is 1.67. The molecule has 0 atom stereocenters. The van der Waals surface area contributed by atoms with E-state index in [2.05, 4.69) is 20.9 Å². The molecule has 16 heavy (non-hydrogen) atoms. The quantitative estimate of drug-likeness (QED) is 0.920. The molecule has 1 aromatic heterocycles. The van der Waals surface area contributed by atoms with Crippen molar-refractivity contribution in [3.05, 3.63) is 33.0 Å². The third-order valence-corrected chi connectivity index (χ3v) is 2.93. The zero-order valence-electron chi connectivity index (χ0n) is 8.83. The van der Waals surface area contributed by atoms with Gasteiger partial charge >= 0.3 is 0 Å². The van der Waals surface area contributed by atoms with Crippen molar-refractivity contribution >= 4 is 26.8 Å². The van der Waals surface area contributed by atoms with Crippen molar-refractivity contribution in [1.29, 1.82) is 0 Å². The van der Waals surface area contributed by atoms with Crippen LogP contribution in [0.5, 0.6) is 11.5 Å². The Bertz CT molecular complexity index is 592. The van der Waals surface area contributed by atoms with Crippen LogP contribution in [0.1, 0.15) is 0 Å². The van der Waals surface area contributed by atoms with Crippen LogP contribution in [-0.4, -0.2) is 19.2 Å². The fraction of sp³-hybridized carbons (Fsp3) is 0.182. The number of rotatable bonds is 2. The molecule has 0 aliphatic heterocycles. The summed E-state index contributed by atoms with van der Waals surface area (Å²) >= 11 is 3.18. The number of pyridine rings is 1. The Labute approximate surface area is 100 Å². The minimum atomic E-state index is -0.0743. The number of halogens is 1. The first kappa shape index (κ1) is 11.0. The number of H-pyrrole nitrogens is 1. The van der Waals surface area contributed by atoms with Crippen LogP contribution in [0.3, 0.4) is 0 Å². The normalized spacial score (nSPS) is 10.4. The van der Waals surface area contributed by atoms with Gasteiger partial charge in [0.05, 0.1) is 29.6 Å². The van der Waals surface area contributed by atoms with Crippen LogP contribution in [0, 0.1) is 0 Å². The molecule has 0 radical (unpaired) electrons. The first-order valence-corrected chi connectivity index (χ1v) is 5.39. The van der Waals surface area contributed by atoms with E-state index in [1.807, 2.05) is 0 Å². The van der Waals surface area contributed by atoms with Gasteiger partial charge in [0, 0.05) is 12.3 Å². The molecular weight excluding hydrogens is 274 g/mol. The molecule has 0 saturated carbocycles. The smallest absolute Gasteiger partial charge is 0.203 e. The van der Waals surface area contributed by atoms with Crippen molar-refractivity contribution < 1.29 is 9.47 Å². The van der Waals surface area contributed by atoms with Crippen molar-refractivity contribution in [2.24, 2.45) is 0 Å². The first-order valence-electron chi connectivity index (χ1n) is 4.60. The second kappa shape index (κ2) is 4.17. The molecule has 0 unspecified atom stereocenters. The number of ether oxygens (including phenoxy) is 2. The molecule has 5 heteroatoms. The third-order valence-electron chi connectivity index (χ3n) is 2.34. The maximum atomic E-state index is 11.8. The largest absolute Gasteiger partial charge is 0.493 e. The Morgan fingerprint density at radius 2 is 1.81 bits per heavy atom. The average Bonchev–Trinajstić information content (AvgIpc) is 2.32. The summed E-state index contributed by atoms with van der Waals surface area (Å²) in [7, 11) is 3.09. The van der Waals surface area contributed by atoms with Crippen LogP contribution >= 0.6 is 15.9 Å². The van der Waals surface area contributed by atoms with Crippen LogP contribution in [-0.2, 0) is 0 Å². The maximum Gasteiger partial charge on any atom is 0.203 e. The molecule has 0 fully saturated rings. The van der Waals surface area contributed by atoms with E-state index in [1.165, 1.54) is 7.11 Å². The highest BCUT2D eigenvalue weighted by Gasteiger charge is 2.09. The van der Waals surface area contributed by atoms with E-state index in [9.17, 15) is 4.79 Å². The van der Waals surface area contributed by atoms with E-state index in [0.717, 1.165) is 0 Å². The fourth-order valence-electron chi connectivity index (χ4n) is 1.52. The van der Waals surface area contributed by atoms with E-state index in [1.54, 1.807) is 25.4 Å². The zero-order chi connectivity index (χ0) is 11.7. The first-order chi connectivity index (χ1) is 7.67. The number of hydrogen-bond acceptors (Lipinski definition) is 3. The van der Waals surface area contributed by atoms with Crippen molar-refractivity contribution in [1.82, 2.24) is 4.98 Å². The van der Waals surface area contributed by atoms with Crippen LogP contribution in [0.15, 0.2) is 27.6 Å². The lowest BCUT2D eigenvalue weighted by atomic mass is 10.2. The van der Waals surface area contributed by atoms with Crippen LogP contribution in [0.2, 0.25) is 0 Å². The highest BCUT2D eigenvalue weighted by Crippen LogP contribution is 2.30. The lowest BCUT2D eigenvalue weighted by Gasteiger charge is -2.08. The number of fused-ring (bicyclic) bond motifs is 1. The number of benzene rings is 1. The monoisotopic (exact) mass is 283 g/mol. The number of nitrogens with one attached hydrogen (secondary N) is 1. The van der Waals surface area contributed by atoms with Crippen molar-refractivity contribution in [2.75, 3.05) is 14.2 Å². The van der Waals surface area contributed by atoms with Gasteiger partial charge in [0.25, 0.3) is 0 Å². The topological polar surface area (TPSA) is 51.3 Å². The molecule has 2 aromatic rings. The molecule has 1 N–H and O–H groups in total. The molecule has 2 rings (SSSR count). The highest BCUT2D eigenvalue weighted by molar-refractivity contribution is 9.10. The summed E-state index contributed by atoms with van der Waals surface area (Å²) < 4.78 is 10.8. The molecule has 84 valence electrons. The van der Waals surface area contributed by atoms with Crippen molar-refractivity contribution in [3.63, 3.8) is 0 Å². The Morgan fingerprint density at radius 1 is 1.19 bits per heavy atom. The Morgan fingerprint density at radius 3 is 2.44 bits per heavy atom. The summed E-state index contributed by atoms with van der Waals surface area (Å²) in [5, 5.41) is 0.562. The molecule has 0 amide bonds. The number of methoxy groups -OCH3 is 2. The summed E-state index contributed by atoms with van der Waals surface area (Å²) in [6.45, 7) is 0. The zero-order valence-corrected chi connectivity index (χ0v) is 10.4. The highest BCUT2D eigenvalue weighted by atomic mass is 79.9. The molecule has 1 heterocycles. The summed E-state index contributed by atoms with van der Waals surface area (Å²) in [6.07, 6.45) is 1.61. The number of hydrogen-bond donors (Lipinski definition) is 1. The predicted molar refractivity (Wildman–Crippen MR) is 65.4 cm³/mol. The molecule has 0 bridgehead atoms. The van der Waals surface area contributed by atoms with E-state index in [4.69, 9.17) is 9.47 Å². The summed E-state index contributed by atoms with van der Waals surface area (Å²) in [4.78, 5) is 14.8. The Kier molecular flexibility index (Phi) is 2.87. The van der Waals surface area contributed by atoms with Gasteiger partial charge in [0.1, 0.15) is 0 Å². The van der Waals surface area contributed by atoms with Gasteiger partial charge in [-0.15, -0.1) is 0 Å².